The van der Waals surface area contributed by atoms with Gasteiger partial charge in [0.1, 0.15) is 0 Å². The lowest BCUT2D eigenvalue weighted by Crippen LogP contribution is -2.39. The van der Waals surface area contributed by atoms with Crippen molar-refractivity contribution in [3.05, 3.63) is 33.4 Å². The van der Waals surface area contributed by atoms with Crippen molar-refractivity contribution in [3.8, 4) is 0 Å². The molecule has 1 aliphatic heterocycles. The number of halogens is 1. The number of hydrogen-bond acceptors (Lipinski definition) is 2. The molecule has 1 saturated heterocycles. The number of hydrogen-bond donors (Lipinski definition) is 1. The topological polar surface area (TPSA) is 32.3 Å². The summed E-state index contributed by atoms with van der Waals surface area (Å²) < 4.78 is 1.12. The van der Waals surface area contributed by atoms with Crippen LogP contribution in [0, 0.1) is 9.49 Å². The van der Waals surface area contributed by atoms with Gasteiger partial charge in [-0.3, -0.25) is 4.79 Å². The van der Waals surface area contributed by atoms with Gasteiger partial charge in [-0.1, -0.05) is 6.07 Å². The Balaban J connectivity index is 1.89. The maximum Gasteiger partial charge on any atom is 0.253 e. The summed E-state index contributed by atoms with van der Waals surface area (Å²) in [7, 11) is 2.00. The molecule has 19 heavy (non-hydrogen) atoms. The largest absolute Gasteiger partial charge is 0.339 e. The van der Waals surface area contributed by atoms with Gasteiger partial charge in [0, 0.05) is 22.2 Å². The van der Waals surface area contributed by atoms with Crippen molar-refractivity contribution < 1.29 is 4.79 Å². The Kier molecular flexibility index (Phi) is 5.63. The highest BCUT2D eigenvalue weighted by atomic mass is 127. The lowest BCUT2D eigenvalue weighted by molar-refractivity contribution is 0.0687. The van der Waals surface area contributed by atoms with Crippen molar-refractivity contribution in [1.82, 2.24) is 10.2 Å². The van der Waals surface area contributed by atoms with E-state index in [2.05, 4.69) is 27.9 Å². The Hall–Kier alpha value is -0.620. The summed E-state index contributed by atoms with van der Waals surface area (Å²) in [6.45, 7) is 2.88. The maximum atomic E-state index is 12.4. The van der Waals surface area contributed by atoms with Crippen molar-refractivity contribution in [1.29, 1.82) is 0 Å². The molecule has 4 heteroatoms. The Labute approximate surface area is 128 Å². The van der Waals surface area contributed by atoms with Gasteiger partial charge in [0.05, 0.1) is 0 Å². The van der Waals surface area contributed by atoms with E-state index in [0.717, 1.165) is 47.5 Å². The molecule has 0 radical (unpaired) electrons. The second kappa shape index (κ2) is 7.24. The smallest absolute Gasteiger partial charge is 0.253 e. The second-order valence-corrected chi connectivity index (χ2v) is 6.38. The van der Waals surface area contributed by atoms with Crippen molar-refractivity contribution >= 4 is 28.5 Å². The number of benzene rings is 1. The van der Waals surface area contributed by atoms with Gasteiger partial charge in [0.25, 0.3) is 5.91 Å². The van der Waals surface area contributed by atoms with Gasteiger partial charge in [-0.2, -0.15) is 0 Å². The highest BCUT2D eigenvalue weighted by molar-refractivity contribution is 14.1. The van der Waals surface area contributed by atoms with Crippen LogP contribution in [0.3, 0.4) is 0 Å². The highest BCUT2D eigenvalue weighted by Crippen LogP contribution is 2.21. The summed E-state index contributed by atoms with van der Waals surface area (Å²) in [5, 5.41) is 3.20. The molecule has 2 rings (SSSR count). The number of amides is 1. The van der Waals surface area contributed by atoms with Crippen LogP contribution in [0.1, 0.15) is 29.6 Å². The normalized spacial score (nSPS) is 16.6. The standard InChI is InChI=1S/C15H21IN2O/c1-17-8-5-12-6-9-18(10-7-12)15(19)13-3-2-4-14(16)11-13/h2-4,11-12,17H,5-10H2,1H3. The fraction of sp³-hybridized carbons (Fsp3) is 0.533. The van der Waals surface area contributed by atoms with Gasteiger partial charge in [-0.15, -0.1) is 0 Å². The van der Waals surface area contributed by atoms with Crippen LogP contribution < -0.4 is 5.32 Å². The van der Waals surface area contributed by atoms with E-state index in [1.165, 1.54) is 6.42 Å². The van der Waals surface area contributed by atoms with Gasteiger partial charge >= 0.3 is 0 Å². The van der Waals surface area contributed by atoms with Crippen molar-refractivity contribution in [2.75, 3.05) is 26.7 Å². The van der Waals surface area contributed by atoms with Gasteiger partial charge in [-0.25, -0.2) is 0 Å². The number of rotatable bonds is 4. The van der Waals surface area contributed by atoms with Crippen molar-refractivity contribution in [2.45, 2.75) is 19.3 Å². The van der Waals surface area contributed by atoms with Crippen LogP contribution in [0.2, 0.25) is 0 Å². The van der Waals surface area contributed by atoms with Gasteiger partial charge in [-0.05, 0) is 79.6 Å². The Morgan fingerprint density at radius 1 is 1.42 bits per heavy atom. The monoisotopic (exact) mass is 372 g/mol. The van der Waals surface area contributed by atoms with Crippen LogP contribution in [-0.2, 0) is 0 Å². The zero-order chi connectivity index (χ0) is 13.7. The van der Waals surface area contributed by atoms with Crippen molar-refractivity contribution in [3.63, 3.8) is 0 Å². The third-order valence-electron chi connectivity index (χ3n) is 3.78. The van der Waals surface area contributed by atoms with Crippen LogP contribution >= 0.6 is 22.6 Å². The fourth-order valence-corrected chi connectivity index (χ4v) is 3.12. The molecule has 1 aromatic rings. The summed E-state index contributed by atoms with van der Waals surface area (Å²) in [6.07, 6.45) is 3.50. The first kappa shape index (κ1) is 14.8. The molecule has 0 aliphatic carbocycles. The van der Waals surface area contributed by atoms with E-state index in [0.29, 0.717) is 0 Å². The van der Waals surface area contributed by atoms with E-state index < -0.39 is 0 Å². The SMILES string of the molecule is CNCCC1CCN(C(=O)c2cccc(I)c2)CC1. The highest BCUT2D eigenvalue weighted by Gasteiger charge is 2.23. The van der Waals surface area contributed by atoms with E-state index >= 15 is 0 Å². The van der Waals surface area contributed by atoms with E-state index in [4.69, 9.17) is 0 Å². The quantitative estimate of drug-likeness (QED) is 0.825. The molecular weight excluding hydrogens is 351 g/mol. The third kappa shape index (κ3) is 4.18. The van der Waals surface area contributed by atoms with E-state index in [-0.39, 0.29) is 5.91 Å². The lowest BCUT2D eigenvalue weighted by Gasteiger charge is -2.32. The third-order valence-corrected chi connectivity index (χ3v) is 4.45. The zero-order valence-electron chi connectivity index (χ0n) is 11.4. The molecule has 1 fully saturated rings. The van der Waals surface area contributed by atoms with Gasteiger partial charge in [0.2, 0.25) is 0 Å². The molecule has 1 N–H and O–H groups in total. The minimum absolute atomic E-state index is 0.186. The minimum Gasteiger partial charge on any atom is -0.339 e. The minimum atomic E-state index is 0.186. The summed E-state index contributed by atoms with van der Waals surface area (Å²) in [4.78, 5) is 14.4. The molecule has 104 valence electrons. The van der Waals surface area contributed by atoms with Gasteiger partial charge < -0.3 is 10.2 Å². The first-order chi connectivity index (χ1) is 9.20. The molecule has 1 amide bonds. The lowest BCUT2D eigenvalue weighted by atomic mass is 9.93. The average molecular weight is 372 g/mol. The molecule has 0 saturated carbocycles. The number of piperidine rings is 1. The average Bonchev–Trinajstić information content (AvgIpc) is 2.45. The first-order valence-corrected chi connectivity index (χ1v) is 7.98. The van der Waals surface area contributed by atoms with E-state index in [1.807, 2.05) is 36.2 Å². The summed E-state index contributed by atoms with van der Waals surface area (Å²) in [6, 6.07) is 7.85. The molecule has 0 atom stereocenters. The molecule has 1 aliphatic rings. The molecule has 0 spiro atoms. The molecule has 1 heterocycles. The van der Waals surface area contributed by atoms with Crippen LogP contribution in [0.5, 0.6) is 0 Å². The molecule has 1 aromatic carbocycles. The number of carbonyl (C=O) groups is 1. The van der Waals surface area contributed by atoms with Crippen LogP contribution in [0.15, 0.2) is 24.3 Å². The summed E-state index contributed by atoms with van der Waals surface area (Å²) >= 11 is 2.25. The number of nitrogens with one attached hydrogen (secondary N) is 1. The van der Waals surface area contributed by atoms with E-state index in [1.54, 1.807) is 0 Å². The van der Waals surface area contributed by atoms with Crippen LogP contribution in [-0.4, -0.2) is 37.5 Å². The Morgan fingerprint density at radius 2 is 2.16 bits per heavy atom. The predicted molar refractivity (Wildman–Crippen MR) is 86.3 cm³/mol. The van der Waals surface area contributed by atoms with Crippen LogP contribution in [0.4, 0.5) is 0 Å². The predicted octanol–water partition coefficient (Wildman–Crippen LogP) is 2.75. The van der Waals surface area contributed by atoms with Gasteiger partial charge in [0.15, 0.2) is 0 Å². The Morgan fingerprint density at radius 3 is 2.79 bits per heavy atom. The fourth-order valence-electron chi connectivity index (χ4n) is 2.58. The number of nitrogens with zero attached hydrogens (tertiary/aromatic N) is 1. The number of carbonyl (C=O) groups excluding carboxylic acids is 1. The molecular formula is C15H21IN2O. The summed E-state index contributed by atoms with van der Waals surface area (Å²) in [5.74, 6) is 0.956. The second-order valence-electron chi connectivity index (χ2n) is 5.14. The molecule has 0 bridgehead atoms. The number of likely N-dealkylation sites (tertiary alicyclic amines) is 1. The van der Waals surface area contributed by atoms with Crippen LogP contribution in [0.25, 0.3) is 0 Å². The maximum absolute atomic E-state index is 12.4. The zero-order valence-corrected chi connectivity index (χ0v) is 13.5. The molecule has 0 aromatic heterocycles. The van der Waals surface area contributed by atoms with E-state index in [9.17, 15) is 4.79 Å². The first-order valence-electron chi connectivity index (χ1n) is 6.90. The Bertz CT molecular complexity index is 428. The van der Waals surface area contributed by atoms with Crippen molar-refractivity contribution in [2.24, 2.45) is 5.92 Å². The molecule has 3 nitrogen and oxygen atoms in total. The molecule has 0 unspecified atom stereocenters. The summed E-state index contributed by atoms with van der Waals surface area (Å²) in [5.41, 5.74) is 0.820.